The predicted molar refractivity (Wildman–Crippen MR) is 116 cm³/mol. The Kier molecular flexibility index (Phi) is 7.96. The molecule has 166 valence electrons. The minimum atomic E-state index is -0.0741. The van der Waals surface area contributed by atoms with Crippen LogP contribution in [0.5, 0.6) is 11.5 Å². The van der Waals surface area contributed by atoms with Crippen LogP contribution < -0.4 is 9.47 Å². The van der Waals surface area contributed by atoms with Gasteiger partial charge >= 0.3 is 0 Å². The molecule has 2 heterocycles. The van der Waals surface area contributed by atoms with E-state index in [1.54, 1.807) is 39.3 Å². The number of nitrogens with zero attached hydrogens (tertiary/aromatic N) is 3. The molecule has 2 saturated heterocycles. The van der Waals surface area contributed by atoms with Crippen molar-refractivity contribution in [2.75, 3.05) is 53.5 Å². The second kappa shape index (κ2) is 10.7. The molecule has 2 aliphatic heterocycles. The summed E-state index contributed by atoms with van der Waals surface area (Å²) in [4.78, 5) is 32.0. The molecule has 1 aromatic carbocycles. The van der Waals surface area contributed by atoms with Crippen molar-refractivity contribution in [1.29, 1.82) is 0 Å². The summed E-state index contributed by atoms with van der Waals surface area (Å²) in [5, 5.41) is 0. The maximum Gasteiger partial charge on any atom is 0.257 e. The number of carbonyl (C=O) groups excluding carboxylic acids is 2. The van der Waals surface area contributed by atoms with Crippen molar-refractivity contribution in [1.82, 2.24) is 14.7 Å². The second-order valence-corrected chi connectivity index (χ2v) is 8.20. The van der Waals surface area contributed by atoms with E-state index >= 15 is 0 Å². The van der Waals surface area contributed by atoms with E-state index in [4.69, 9.17) is 9.47 Å². The van der Waals surface area contributed by atoms with E-state index in [9.17, 15) is 9.59 Å². The molecule has 3 rings (SSSR count). The van der Waals surface area contributed by atoms with E-state index in [0.29, 0.717) is 30.2 Å². The van der Waals surface area contributed by atoms with Gasteiger partial charge in [-0.1, -0.05) is 12.5 Å². The van der Waals surface area contributed by atoms with Gasteiger partial charge in [-0.2, -0.15) is 0 Å². The molecule has 7 nitrogen and oxygen atoms in total. The van der Waals surface area contributed by atoms with Crippen LogP contribution in [0.1, 0.15) is 49.4 Å². The summed E-state index contributed by atoms with van der Waals surface area (Å²) >= 11 is 0. The van der Waals surface area contributed by atoms with Gasteiger partial charge in [0.15, 0.2) is 11.5 Å². The molecular weight excluding hydrogens is 382 g/mol. The molecule has 7 heteroatoms. The molecule has 1 aromatic rings. The minimum Gasteiger partial charge on any atom is -0.493 e. The van der Waals surface area contributed by atoms with Crippen molar-refractivity contribution >= 4 is 11.8 Å². The SMILES string of the molecule is COc1cccc(C(=O)N2CCCC(N(CCN3CCCCC3)C(C)=O)C2)c1OC. The summed E-state index contributed by atoms with van der Waals surface area (Å²) in [6.45, 7) is 6.76. The maximum atomic E-state index is 13.3. The number of hydrogen-bond donors (Lipinski definition) is 0. The monoisotopic (exact) mass is 417 g/mol. The highest BCUT2D eigenvalue weighted by molar-refractivity contribution is 5.98. The second-order valence-electron chi connectivity index (χ2n) is 8.20. The lowest BCUT2D eigenvalue weighted by Crippen LogP contribution is -2.53. The first-order valence-corrected chi connectivity index (χ1v) is 11.0. The first-order valence-electron chi connectivity index (χ1n) is 11.0. The average Bonchev–Trinajstić information content (AvgIpc) is 2.78. The van der Waals surface area contributed by atoms with Crippen molar-refractivity contribution in [3.63, 3.8) is 0 Å². The summed E-state index contributed by atoms with van der Waals surface area (Å²) in [6, 6.07) is 5.41. The predicted octanol–water partition coefficient (Wildman–Crippen LogP) is 2.64. The van der Waals surface area contributed by atoms with Gasteiger partial charge in [-0.05, 0) is 50.9 Å². The van der Waals surface area contributed by atoms with Crippen LogP contribution in [-0.2, 0) is 4.79 Å². The van der Waals surface area contributed by atoms with Crippen LogP contribution >= 0.6 is 0 Å². The average molecular weight is 418 g/mol. The highest BCUT2D eigenvalue weighted by Gasteiger charge is 2.31. The summed E-state index contributed by atoms with van der Waals surface area (Å²) in [7, 11) is 3.11. The van der Waals surface area contributed by atoms with E-state index in [1.165, 1.54) is 19.3 Å². The Labute approximate surface area is 179 Å². The fourth-order valence-electron chi connectivity index (χ4n) is 4.65. The van der Waals surface area contributed by atoms with Crippen molar-refractivity contribution in [2.24, 2.45) is 0 Å². The molecule has 30 heavy (non-hydrogen) atoms. The van der Waals surface area contributed by atoms with Gasteiger partial charge in [0.1, 0.15) is 0 Å². The van der Waals surface area contributed by atoms with Gasteiger partial charge in [-0.3, -0.25) is 9.59 Å². The summed E-state index contributed by atoms with van der Waals surface area (Å²) in [5.74, 6) is 1.02. The van der Waals surface area contributed by atoms with E-state index in [0.717, 1.165) is 39.0 Å². The Morgan fingerprint density at radius 2 is 1.83 bits per heavy atom. The lowest BCUT2D eigenvalue weighted by Gasteiger charge is -2.40. The van der Waals surface area contributed by atoms with Crippen molar-refractivity contribution in [3.05, 3.63) is 23.8 Å². The molecule has 1 atom stereocenters. The fourth-order valence-corrected chi connectivity index (χ4v) is 4.65. The molecule has 0 N–H and O–H groups in total. The highest BCUT2D eigenvalue weighted by Crippen LogP contribution is 2.32. The number of para-hydroxylation sites is 1. The number of piperidine rings is 2. The van der Waals surface area contributed by atoms with Crippen molar-refractivity contribution in [3.8, 4) is 11.5 Å². The minimum absolute atomic E-state index is 0.0570. The largest absolute Gasteiger partial charge is 0.493 e. The van der Waals surface area contributed by atoms with Gasteiger partial charge in [0.25, 0.3) is 5.91 Å². The molecule has 2 aliphatic rings. The molecule has 1 unspecified atom stereocenters. The quantitative estimate of drug-likeness (QED) is 0.683. The van der Waals surface area contributed by atoms with E-state index in [-0.39, 0.29) is 17.9 Å². The van der Waals surface area contributed by atoms with Crippen molar-refractivity contribution < 1.29 is 19.1 Å². The number of benzene rings is 1. The van der Waals surface area contributed by atoms with Crippen LogP contribution in [0.4, 0.5) is 0 Å². The molecule has 0 saturated carbocycles. The zero-order chi connectivity index (χ0) is 21.5. The zero-order valence-corrected chi connectivity index (χ0v) is 18.6. The molecule has 0 aromatic heterocycles. The van der Waals surface area contributed by atoms with Crippen LogP contribution in [0.2, 0.25) is 0 Å². The van der Waals surface area contributed by atoms with E-state index in [1.807, 2.05) is 9.80 Å². The molecule has 0 radical (unpaired) electrons. The Morgan fingerprint density at radius 1 is 1.07 bits per heavy atom. The topological polar surface area (TPSA) is 62.3 Å². The number of hydrogen-bond acceptors (Lipinski definition) is 5. The van der Waals surface area contributed by atoms with Gasteiger partial charge in [0.2, 0.25) is 5.91 Å². The van der Waals surface area contributed by atoms with Gasteiger partial charge < -0.3 is 24.2 Å². The molecule has 0 aliphatic carbocycles. The molecule has 0 bridgehead atoms. The Morgan fingerprint density at radius 3 is 2.50 bits per heavy atom. The van der Waals surface area contributed by atoms with Crippen LogP contribution in [-0.4, -0.2) is 86.0 Å². The van der Waals surface area contributed by atoms with Gasteiger partial charge in [-0.25, -0.2) is 0 Å². The van der Waals surface area contributed by atoms with E-state index < -0.39 is 0 Å². The van der Waals surface area contributed by atoms with Crippen LogP contribution in [0.15, 0.2) is 18.2 Å². The molecular formula is C23H35N3O4. The number of methoxy groups -OCH3 is 2. The highest BCUT2D eigenvalue weighted by atomic mass is 16.5. The lowest BCUT2D eigenvalue weighted by molar-refractivity contribution is -0.132. The standard InChI is InChI=1S/C23H35N3O4/c1-18(27)26(16-15-24-12-5-4-6-13-24)19-9-8-14-25(17-19)23(28)20-10-7-11-21(29-2)22(20)30-3/h7,10-11,19H,4-6,8-9,12-17H2,1-3H3. The van der Waals surface area contributed by atoms with Crippen LogP contribution in [0, 0.1) is 0 Å². The smallest absolute Gasteiger partial charge is 0.257 e. The number of amides is 2. The van der Waals surface area contributed by atoms with Crippen LogP contribution in [0.3, 0.4) is 0 Å². The normalized spacial score (nSPS) is 20.0. The third-order valence-corrected chi connectivity index (χ3v) is 6.27. The Hall–Kier alpha value is -2.28. The number of likely N-dealkylation sites (tertiary alicyclic amines) is 2. The zero-order valence-electron chi connectivity index (χ0n) is 18.6. The number of carbonyl (C=O) groups is 2. The maximum absolute atomic E-state index is 13.3. The first-order chi connectivity index (χ1) is 14.5. The first kappa shape index (κ1) is 22.4. The Balaban J connectivity index is 1.68. The summed E-state index contributed by atoms with van der Waals surface area (Å²) in [5.41, 5.74) is 0.500. The van der Waals surface area contributed by atoms with Crippen molar-refractivity contribution in [2.45, 2.75) is 45.1 Å². The van der Waals surface area contributed by atoms with Crippen LogP contribution in [0.25, 0.3) is 0 Å². The number of rotatable bonds is 7. The lowest BCUT2D eigenvalue weighted by atomic mass is 10.0. The fraction of sp³-hybridized carbons (Fsp3) is 0.652. The number of ether oxygens (including phenoxy) is 2. The third-order valence-electron chi connectivity index (χ3n) is 6.27. The molecule has 0 spiro atoms. The van der Waals surface area contributed by atoms with Gasteiger partial charge in [-0.15, -0.1) is 0 Å². The third kappa shape index (κ3) is 5.25. The summed E-state index contributed by atoms with van der Waals surface area (Å²) in [6.07, 6.45) is 5.61. The molecule has 2 fully saturated rings. The summed E-state index contributed by atoms with van der Waals surface area (Å²) < 4.78 is 10.8. The van der Waals surface area contributed by atoms with E-state index in [2.05, 4.69) is 4.90 Å². The van der Waals surface area contributed by atoms with Gasteiger partial charge in [0.05, 0.1) is 19.8 Å². The molecule has 2 amide bonds. The Bertz CT molecular complexity index is 733. The van der Waals surface area contributed by atoms with Gasteiger partial charge in [0, 0.05) is 39.1 Å².